The molecule has 0 saturated carbocycles. The lowest BCUT2D eigenvalue weighted by Crippen LogP contribution is -2.27. The van der Waals surface area contributed by atoms with Crippen LogP contribution in [0.5, 0.6) is 0 Å². The second kappa shape index (κ2) is 8.82. The van der Waals surface area contributed by atoms with E-state index in [1.807, 2.05) is 4.57 Å². The van der Waals surface area contributed by atoms with Crippen molar-refractivity contribution in [1.29, 1.82) is 0 Å². The molecular formula is C18H31N3O4S. The Labute approximate surface area is 156 Å². The van der Waals surface area contributed by atoms with Gasteiger partial charge in [-0.2, -0.15) is 0 Å². The molecule has 7 nitrogen and oxygen atoms in total. The Bertz CT molecular complexity index is 677. The SMILES string of the molecule is CN(CCC1CCOCC1)Cc1cnc(S(C)(=O)=O)n1CC1CCCO1. The minimum absolute atomic E-state index is 0.0796. The average molecular weight is 386 g/mol. The van der Waals surface area contributed by atoms with Crippen LogP contribution in [-0.4, -0.2) is 68.6 Å². The maximum absolute atomic E-state index is 12.1. The Morgan fingerprint density at radius 1 is 1.27 bits per heavy atom. The number of hydrogen-bond donors (Lipinski definition) is 0. The van der Waals surface area contributed by atoms with Gasteiger partial charge in [0.2, 0.25) is 15.0 Å². The van der Waals surface area contributed by atoms with Gasteiger partial charge < -0.3 is 18.9 Å². The van der Waals surface area contributed by atoms with Gasteiger partial charge in [-0.25, -0.2) is 13.4 Å². The predicted octanol–water partition coefficient (Wildman–Crippen LogP) is 1.71. The molecule has 148 valence electrons. The van der Waals surface area contributed by atoms with Gasteiger partial charge in [0, 0.05) is 32.6 Å². The van der Waals surface area contributed by atoms with Gasteiger partial charge in [0.15, 0.2) is 0 Å². The van der Waals surface area contributed by atoms with Crippen LogP contribution < -0.4 is 0 Å². The lowest BCUT2D eigenvalue weighted by atomic mass is 9.96. The summed E-state index contributed by atoms with van der Waals surface area (Å²) in [4.78, 5) is 6.46. The first-order valence-corrected chi connectivity index (χ1v) is 11.4. The fourth-order valence-electron chi connectivity index (χ4n) is 3.80. The Hall–Kier alpha value is -0.960. The number of aromatic nitrogens is 2. The summed E-state index contributed by atoms with van der Waals surface area (Å²) in [6, 6.07) is 0. The minimum Gasteiger partial charge on any atom is -0.381 e. The molecule has 1 atom stereocenters. The zero-order valence-electron chi connectivity index (χ0n) is 15.9. The van der Waals surface area contributed by atoms with Crippen molar-refractivity contribution in [2.45, 2.75) is 56.5 Å². The number of nitrogens with zero attached hydrogens (tertiary/aromatic N) is 3. The van der Waals surface area contributed by atoms with Crippen molar-refractivity contribution in [3.63, 3.8) is 0 Å². The summed E-state index contributed by atoms with van der Waals surface area (Å²) in [5.74, 6) is 0.731. The monoisotopic (exact) mass is 385 g/mol. The minimum atomic E-state index is -3.36. The van der Waals surface area contributed by atoms with E-state index in [4.69, 9.17) is 9.47 Å². The van der Waals surface area contributed by atoms with Gasteiger partial charge in [-0.1, -0.05) is 0 Å². The van der Waals surface area contributed by atoms with Gasteiger partial charge in [0.25, 0.3) is 0 Å². The van der Waals surface area contributed by atoms with Crippen molar-refractivity contribution < 1.29 is 17.9 Å². The Kier molecular flexibility index (Phi) is 6.71. The van der Waals surface area contributed by atoms with Crippen molar-refractivity contribution in [3.8, 4) is 0 Å². The molecule has 8 heteroatoms. The second-order valence-electron chi connectivity index (χ2n) is 7.63. The van der Waals surface area contributed by atoms with Gasteiger partial charge >= 0.3 is 0 Å². The molecule has 0 radical (unpaired) electrons. The van der Waals surface area contributed by atoms with Crippen LogP contribution in [0.25, 0.3) is 0 Å². The normalized spacial score (nSPS) is 22.3. The highest BCUT2D eigenvalue weighted by atomic mass is 32.2. The van der Waals surface area contributed by atoms with Gasteiger partial charge in [-0.3, -0.25) is 0 Å². The van der Waals surface area contributed by atoms with Gasteiger partial charge in [-0.05, 0) is 51.6 Å². The van der Waals surface area contributed by atoms with Crippen molar-refractivity contribution in [2.24, 2.45) is 5.92 Å². The number of sulfone groups is 1. The van der Waals surface area contributed by atoms with Crippen LogP contribution in [0.2, 0.25) is 0 Å². The summed E-state index contributed by atoms with van der Waals surface area (Å²) >= 11 is 0. The molecule has 2 saturated heterocycles. The molecule has 0 bridgehead atoms. The molecule has 1 aromatic rings. The molecular weight excluding hydrogens is 354 g/mol. The Morgan fingerprint density at radius 2 is 2.04 bits per heavy atom. The zero-order valence-corrected chi connectivity index (χ0v) is 16.7. The molecule has 0 amide bonds. The third-order valence-electron chi connectivity index (χ3n) is 5.34. The van der Waals surface area contributed by atoms with E-state index >= 15 is 0 Å². The molecule has 2 aliphatic heterocycles. The van der Waals surface area contributed by atoms with Crippen LogP contribution >= 0.6 is 0 Å². The second-order valence-corrected chi connectivity index (χ2v) is 9.54. The van der Waals surface area contributed by atoms with Crippen LogP contribution in [-0.2, 0) is 32.4 Å². The fourth-order valence-corrected chi connectivity index (χ4v) is 4.63. The van der Waals surface area contributed by atoms with Crippen molar-refractivity contribution in [1.82, 2.24) is 14.5 Å². The Balaban J connectivity index is 1.64. The summed E-state index contributed by atoms with van der Waals surface area (Å²) in [7, 11) is -1.27. The summed E-state index contributed by atoms with van der Waals surface area (Å²) in [5.41, 5.74) is 0.940. The zero-order chi connectivity index (χ0) is 18.6. The predicted molar refractivity (Wildman–Crippen MR) is 98.8 cm³/mol. The van der Waals surface area contributed by atoms with Crippen molar-refractivity contribution in [2.75, 3.05) is 39.7 Å². The molecule has 1 unspecified atom stereocenters. The van der Waals surface area contributed by atoms with Gasteiger partial charge in [0.05, 0.1) is 24.5 Å². The molecule has 0 N–H and O–H groups in total. The summed E-state index contributed by atoms with van der Waals surface area (Å²) in [5, 5.41) is 0.154. The lowest BCUT2D eigenvalue weighted by molar-refractivity contribution is 0.0606. The first-order valence-electron chi connectivity index (χ1n) is 9.56. The van der Waals surface area contributed by atoms with Crippen molar-refractivity contribution in [3.05, 3.63) is 11.9 Å². The summed E-state index contributed by atoms with van der Waals surface area (Å²) in [6.07, 6.45) is 8.45. The third kappa shape index (κ3) is 5.28. The molecule has 0 spiro atoms. The van der Waals surface area contributed by atoms with Gasteiger partial charge in [-0.15, -0.1) is 0 Å². The first kappa shape index (κ1) is 19.8. The lowest BCUT2D eigenvalue weighted by Gasteiger charge is -2.25. The summed E-state index contributed by atoms with van der Waals surface area (Å²) in [6.45, 7) is 4.75. The Morgan fingerprint density at radius 3 is 2.69 bits per heavy atom. The van der Waals surface area contributed by atoms with Gasteiger partial charge in [0.1, 0.15) is 0 Å². The fraction of sp³-hybridized carbons (Fsp3) is 0.833. The average Bonchev–Trinajstić information content (AvgIpc) is 3.24. The topological polar surface area (TPSA) is 73.7 Å². The van der Waals surface area contributed by atoms with E-state index in [0.29, 0.717) is 13.1 Å². The highest BCUT2D eigenvalue weighted by molar-refractivity contribution is 7.90. The van der Waals surface area contributed by atoms with Crippen LogP contribution in [0.1, 0.15) is 37.8 Å². The van der Waals surface area contributed by atoms with Crippen molar-refractivity contribution >= 4 is 9.84 Å². The van der Waals surface area contributed by atoms with Crippen LogP contribution in [0, 0.1) is 5.92 Å². The molecule has 0 aromatic carbocycles. The highest BCUT2D eigenvalue weighted by Gasteiger charge is 2.24. The number of ether oxygens (including phenoxy) is 2. The van der Waals surface area contributed by atoms with E-state index < -0.39 is 9.84 Å². The molecule has 3 heterocycles. The molecule has 3 rings (SSSR count). The number of imidazole rings is 1. The molecule has 26 heavy (non-hydrogen) atoms. The highest BCUT2D eigenvalue weighted by Crippen LogP contribution is 2.21. The van der Waals surface area contributed by atoms with Crippen LogP contribution in [0.15, 0.2) is 11.4 Å². The van der Waals surface area contributed by atoms with E-state index in [1.54, 1.807) is 6.20 Å². The molecule has 0 aliphatic carbocycles. The standard InChI is InChI=1S/C18H31N3O4S/c1-20(8-5-15-6-10-24-11-7-15)13-16-12-19-18(26(2,22)23)21(16)14-17-4-3-9-25-17/h12,15,17H,3-11,13-14H2,1-2H3. The van der Waals surface area contributed by atoms with E-state index in [0.717, 1.165) is 70.1 Å². The molecule has 1 aromatic heterocycles. The smallest absolute Gasteiger partial charge is 0.227 e. The quantitative estimate of drug-likeness (QED) is 0.678. The number of rotatable bonds is 8. The molecule has 2 fully saturated rings. The van der Waals surface area contributed by atoms with Crippen LogP contribution in [0.3, 0.4) is 0 Å². The molecule has 2 aliphatic rings. The first-order chi connectivity index (χ1) is 12.4. The maximum atomic E-state index is 12.1. The maximum Gasteiger partial charge on any atom is 0.227 e. The van der Waals surface area contributed by atoms with E-state index in [1.165, 1.54) is 6.26 Å². The van der Waals surface area contributed by atoms with E-state index in [2.05, 4.69) is 16.9 Å². The van der Waals surface area contributed by atoms with Crippen LogP contribution in [0.4, 0.5) is 0 Å². The van der Waals surface area contributed by atoms with E-state index in [-0.39, 0.29) is 11.3 Å². The van der Waals surface area contributed by atoms with E-state index in [9.17, 15) is 8.42 Å². The largest absolute Gasteiger partial charge is 0.381 e. The number of hydrogen-bond acceptors (Lipinski definition) is 6. The third-order valence-corrected chi connectivity index (χ3v) is 6.32. The summed E-state index contributed by atoms with van der Waals surface area (Å²) < 4.78 is 37.2.